The van der Waals surface area contributed by atoms with Crippen LogP contribution in [-0.2, 0) is 0 Å². The summed E-state index contributed by atoms with van der Waals surface area (Å²) in [5.74, 6) is 0.852. The minimum Gasteiger partial charge on any atom is -0.497 e. The van der Waals surface area contributed by atoms with Crippen LogP contribution in [0.1, 0.15) is 20.8 Å². The highest BCUT2D eigenvalue weighted by Crippen LogP contribution is 2.26. The number of pyridine rings is 1. The molecule has 0 spiro atoms. The molecule has 0 unspecified atom stereocenters. The number of piperazine rings is 1. The maximum Gasteiger partial charge on any atom is 0.276 e. The van der Waals surface area contributed by atoms with Crippen LogP contribution in [0.15, 0.2) is 59.6 Å². The number of nitrogens with zero attached hydrogens (tertiary/aromatic N) is 4. The summed E-state index contributed by atoms with van der Waals surface area (Å²) in [6.45, 7) is 1.77. The molecular weight excluding hydrogens is 372 g/mol. The number of amides is 2. The molecule has 8 nitrogen and oxygen atoms in total. The second kappa shape index (κ2) is 8.14. The van der Waals surface area contributed by atoms with E-state index < -0.39 is 0 Å². The average molecular weight is 392 g/mol. The Morgan fingerprint density at radius 1 is 1.00 bits per heavy atom. The number of carbonyl (C=O) groups is 2. The van der Waals surface area contributed by atoms with Gasteiger partial charge in [0.2, 0.25) is 0 Å². The molecule has 148 valence electrons. The first-order valence-electron chi connectivity index (χ1n) is 9.24. The van der Waals surface area contributed by atoms with E-state index in [2.05, 4.69) is 9.97 Å². The number of aromatic nitrogens is 2. The topological polar surface area (TPSA) is 88.8 Å². The highest BCUT2D eigenvalue weighted by atomic mass is 16.5. The van der Waals surface area contributed by atoms with Gasteiger partial charge in [0.1, 0.15) is 5.75 Å². The van der Waals surface area contributed by atoms with E-state index in [0.717, 1.165) is 11.3 Å². The van der Waals surface area contributed by atoms with E-state index in [1.54, 1.807) is 53.6 Å². The lowest BCUT2D eigenvalue weighted by Crippen LogP contribution is -2.50. The standard InChI is InChI=1S/C21H20N4O4/c1-28-17-6-4-15(5-7-17)19-18(23-14-29-19)21(27)25-11-9-24(10-12-25)20(26)16-3-2-8-22-13-16/h2-8,13-14H,9-12H2,1H3. The Morgan fingerprint density at radius 2 is 1.69 bits per heavy atom. The molecule has 0 radical (unpaired) electrons. The molecule has 1 fully saturated rings. The van der Waals surface area contributed by atoms with E-state index in [1.165, 1.54) is 6.39 Å². The molecule has 8 heteroatoms. The molecule has 1 aliphatic rings. The predicted molar refractivity (Wildman–Crippen MR) is 105 cm³/mol. The SMILES string of the molecule is COc1ccc(-c2ocnc2C(=O)N2CCN(C(=O)c3cccnc3)CC2)cc1. The Labute approximate surface area is 167 Å². The van der Waals surface area contributed by atoms with Crippen LogP contribution in [0.2, 0.25) is 0 Å². The Bertz CT molecular complexity index is 993. The number of hydrogen-bond donors (Lipinski definition) is 0. The van der Waals surface area contributed by atoms with Crippen LogP contribution in [0, 0.1) is 0 Å². The van der Waals surface area contributed by atoms with Crippen molar-refractivity contribution in [2.24, 2.45) is 0 Å². The van der Waals surface area contributed by atoms with Crippen molar-refractivity contribution in [3.05, 3.63) is 66.4 Å². The van der Waals surface area contributed by atoms with Crippen LogP contribution in [0.4, 0.5) is 0 Å². The molecule has 0 bridgehead atoms. The third kappa shape index (κ3) is 3.82. The van der Waals surface area contributed by atoms with Crippen LogP contribution in [0.5, 0.6) is 5.75 Å². The lowest BCUT2D eigenvalue weighted by Gasteiger charge is -2.34. The molecular formula is C21H20N4O4. The Hall–Kier alpha value is -3.68. The quantitative estimate of drug-likeness (QED) is 0.677. The van der Waals surface area contributed by atoms with Gasteiger partial charge in [-0.05, 0) is 36.4 Å². The molecule has 2 aromatic heterocycles. The van der Waals surface area contributed by atoms with Gasteiger partial charge in [0.25, 0.3) is 11.8 Å². The normalized spacial score (nSPS) is 14.0. The Balaban J connectivity index is 1.44. The fourth-order valence-corrected chi connectivity index (χ4v) is 3.28. The zero-order valence-electron chi connectivity index (χ0n) is 15.9. The summed E-state index contributed by atoms with van der Waals surface area (Å²) in [5.41, 5.74) is 1.56. The van der Waals surface area contributed by atoms with Crippen LogP contribution in [0.3, 0.4) is 0 Å². The first-order chi connectivity index (χ1) is 14.2. The summed E-state index contributed by atoms with van der Waals surface area (Å²) < 4.78 is 10.6. The van der Waals surface area contributed by atoms with Crippen molar-refractivity contribution in [1.82, 2.24) is 19.8 Å². The van der Waals surface area contributed by atoms with Gasteiger partial charge < -0.3 is 19.0 Å². The monoisotopic (exact) mass is 392 g/mol. The summed E-state index contributed by atoms with van der Waals surface area (Å²) >= 11 is 0. The fraction of sp³-hybridized carbons (Fsp3) is 0.238. The molecule has 1 saturated heterocycles. The van der Waals surface area contributed by atoms with Gasteiger partial charge in [0, 0.05) is 44.1 Å². The van der Waals surface area contributed by atoms with Crippen molar-refractivity contribution in [2.45, 2.75) is 0 Å². The van der Waals surface area contributed by atoms with Gasteiger partial charge in [0.15, 0.2) is 17.8 Å². The fourth-order valence-electron chi connectivity index (χ4n) is 3.28. The van der Waals surface area contributed by atoms with E-state index in [-0.39, 0.29) is 17.5 Å². The van der Waals surface area contributed by atoms with Crippen LogP contribution < -0.4 is 4.74 Å². The largest absolute Gasteiger partial charge is 0.497 e. The molecule has 1 aromatic carbocycles. The van der Waals surface area contributed by atoms with E-state index in [0.29, 0.717) is 37.5 Å². The number of rotatable bonds is 4. The molecule has 29 heavy (non-hydrogen) atoms. The first kappa shape index (κ1) is 18.7. The van der Waals surface area contributed by atoms with Crippen LogP contribution in [-0.4, -0.2) is 64.9 Å². The lowest BCUT2D eigenvalue weighted by atomic mass is 10.1. The van der Waals surface area contributed by atoms with Crippen molar-refractivity contribution in [2.75, 3.05) is 33.3 Å². The van der Waals surface area contributed by atoms with E-state index in [4.69, 9.17) is 9.15 Å². The summed E-state index contributed by atoms with van der Waals surface area (Å²) in [5, 5.41) is 0. The van der Waals surface area contributed by atoms with Gasteiger partial charge in [-0.25, -0.2) is 4.98 Å². The van der Waals surface area contributed by atoms with Crippen LogP contribution >= 0.6 is 0 Å². The summed E-state index contributed by atoms with van der Waals surface area (Å²) in [4.78, 5) is 37.1. The van der Waals surface area contributed by atoms with E-state index in [9.17, 15) is 9.59 Å². The van der Waals surface area contributed by atoms with E-state index in [1.807, 2.05) is 12.1 Å². The van der Waals surface area contributed by atoms with E-state index >= 15 is 0 Å². The zero-order valence-corrected chi connectivity index (χ0v) is 15.9. The molecule has 0 aliphatic carbocycles. The molecule has 0 N–H and O–H groups in total. The molecule has 0 atom stereocenters. The molecule has 3 heterocycles. The number of carbonyl (C=O) groups excluding carboxylic acids is 2. The molecule has 1 aliphatic heterocycles. The van der Waals surface area contributed by atoms with Gasteiger partial charge in [0.05, 0.1) is 12.7 Å². The summed E-state index contributed by atoms with van der Waals surface area (Å²) in [6, 6.07) is 10.7. The third-order valence-corrected chi connectivity index (χ3v) is 4.88. The van der Waals surface area contributed by atoms with Gasteiger partial charge in [-0.3, -0.25) is 14.6 Å². The van der Waals surface area contributed by atoms with Gasteiger partial charge in [-0.15, -0.1) is 0 Å². The highest BCUT2D eigenvalue weighted by molar-refractivity contribution is 5.98. The van der Waals surface area contributed by atoms with Crippen molar-refractivity contribution >= 4 is 11.8 Å². The smallest absolute Gasteiger partial charge is 0.276 e. The lowest BCUT2D eigenvalue weighted by molar-refractivity contribution is 0.0532. The average Bonchev–Trinajstić information content (AvgIpc) is 3.29. The maximum absolute atomic E-state index is 13.0. The summed E-state index contributed by atoms with van der Waals surface area (Å²) in [7, 11) is 1.59. The van der Waals surface area contributed by atoms with Gasteiger partial charge in [-0.1, -0.05) is 0 Å². The van der Waals surface area contributed by atoms with Gasteiger partial charge in [-0.2, -0.15) is 0 Å². The van der Waals surface area contributed by atoms with Crippen LogP contribution in [0.25, 0.3) is 11.3 Å². The first-order valence-corrected chi connectivity index (χ1v) is 9.24. The number of benzene rings is 1. The minimum atomic E-state index is -0.210. The maximum atomic E-state index is 13.0. The zero-order chi connectivity index (χ0) is 20.2. The molecule has 0 saturated carbocycles. The van der Waals surface area contributed by atoms with Crippen molar-refractivity contribution in [3.63, 3.8) is 0 Å². The third-order valence-electron chi connectivity index (χ3n) is 4.88. The Kier molecular flexibility index (Phi) is 5.24. The number of ether oxygens (including phenoxy) is 1. The van der Waals surface area contributed by atoms with Crippen molar-refractivity contribution < 1.29 is 18.7 Å². The van der Waals surface area contributed by atoms with Crippen molar-refractivity contribution in [1.29, 1.82) is 0 Å². The second-order valence-electron chi connectivity index (χ2n) is 6.58. The number of oxazole rings is 1. The van der Waals surface area contributed by atoms with Crippen molar-refractivity contribution in [3.8, 4) is 17.1 Å². The molecule has 4 rings (SSSR count). The number of hydrogen-bond acceptors (Lipinski definition) is 6. The Morgan fingerprint density at radius 3 is 2.31 bits per heavy atom. The molecule has 3 aromatic rings. The second-order valence-corrected chi connectivity index (χ2v) is 6.58. The number of methoxy groups -OCH3 is 1. The highest BCUT2D eigenvalue weighted by Gasteiger charge is 2.29. The minimum absolute atomic E-state index is 0.0782. The van der Waals surface area contributed by atoms with Gasteiger partial charge >= 0.3 is 0 Å². The predicted octanol–water partition coefficient (Wildman–Crippen LogP) is 2.34. The molecule has 2 amide bonds. The summed E-state index contributed by atoms with van der Waals surface area (Å²) in [6.07, 6.45) is 4.46.